The molecule has 2 aromatic rings. The molecule has 0 aliphatic heterocycles. The first kappa shape index (κ1) is 13.4. The molecule has 0 bridgehead atoms. The van der Waals surface area contributed by atoms with E-state index in [1.807, 2.05) is 31.2 Å². The minimum Gasteiger partial charge on any atom is -0.312 e. The number of fused-ring (bicyclic) bond motifs is 1. The number of benzene rings is 1. The van der Waals surface area contributed by atoms with Crippen LogP contribution in [0.2, 0.25) is 0 Å². The van der Waals surface area contributed by atoms with E-state index in [4.69, 9.17) is 0 Å². The highest BCUT2D eigenvalue weighted by Gasteiger charge is 2.12. The molecule has 1 heterocycles. The van der Waals surface area contributed by atoms with Crippen molar-refractivity contribution in [1.82, 2.24) is 10.3 Å². The summed E-state index contributed by atoms with van der Waals surface area (Å²) in [5.74, 6) is 2.33. The van der Waals surface area contributed by atoms with Crippen LogP contribution in [0, 0.1) is 0 Å². The third kappa shape index (κ3) is 3.03. The lowest BCUT2D eigenvalue weighted by Gasteiger charge is -2.18. The number of hydrogen-bond acceptors (Lipinski definition) is 3. The number of nitrogens with one attached hydrogen (secondary N) is 1. The number of thioether (sulfide) groups is 1. The van der Waals surface area contributed by atoms with E-state index >= 15 is 0 Å². The van der Waals surface area contributed by atoms with Crippen LogP contribution in [0.3, 0.4) is 0 Å². The lowest BCUT2D eigenvalue weighted by Crippen LogP contribution is -2.19. The number of aromatic nitrogens is 1. The minimum absolute atomic E-state index is 0.398. The van der Waals surface area contributed by atoms with Gasteiger partial charge in [0.25, 0.3) is 0 Å². The number of hydrogen-bond donors (Lipinski definition) is 1. The predicted octanol–water partition coefficient (Wildman–Crippen LogP) is 3.64. The van der Waals surface area contributed by atoms with Crippen molar-refractivity contribution in [3.05, 3.63) is 42.2 Å². The Morgan fingerprint density at radius 3 is 3.00 bits per heavy atom. The van der Waals surface area contributed by atoms with E-state index in [0.29, 0.717) is 6.04 Å². The standard InChI is InChI=1S/C15H20N2S/c1-3-9-18-11-15(16-2)13-6-4-5-12-7-8-17-10-14(12)13/h4-8,10,15-16H,3,9,11H2,1-2H3. The molecule has 2 rings (SSSR count). The Hall–Kier alpha value is -1.06. The molecule has 0 fully saturated rings. The van der Waals surface area contributed by atoms with E-state index < -0.39 is 0 Å². The molecular formula is C15H20N2S. The lowest BCUT2D eigenvalue weighted by molar-refractivity contribution is 0.666. The Balaban J connectivity index is 2.27. The molecule has 1 N–H and O–H groups in total. The molecule has 2 nitrogen and oxygen atoms in total. The average molecular weight is 260 g/mol. The third-order valence-corrected chi connectivity index (χ3v) is 4.34. The van der Waals surface area contributed by atoms with Crippen LogP contribution < -0.4 is 5.32 Å². The maximum absolute atomic E-state index is 4.25. The monoisotopic (exact) mass is 260 g/mol. The van der Waals surface area contributed by atoms with E-state index in [1.165, 1.54) is 28.5 Å². The van der Waals surface area contributed by atoms with E-state index in [0.717, 1.165) is 5.75 Å². The van der Waals surface area contributed by atoms with Crippen LogP contribution in [0.25, 0.3) is 10.8 Å². The highest BCUT2D eigenvalue weighted by atomic mass is 32.2. The highest BCUT2D eigenvalue weighted by Crippen LogP contribution is 2.26. The van der Waals surface area contributed by atoms with Gasteiger partial charge in [-0.05, 0) is 36.2 Å². The summed E-state index contributed by atoms with van der Waals surface area (Å²) >= 11 is 2.01. The van der Waals surface area contributed by atoms with Gasteiger partial charge in [-0.1, -0.05) is 25.1 Å². The van der Waals surface area contributed by atoms with Gasteiger partial charge in [-0.25, -0.2) is 0 Å². The summed E-state index contributed by atoms with van der Waals surface area (Å²) in [7, 11) is 2.03. The average Bonchev–Trinajstić information content (AvgIpc) is 2.43. The van der Waals surface area contributed by atoms with Crippen LogP contribution in [-0.2, 0) is 0 Å². The van der Waals surface area contributed by atoms with Gasteiger partial charge in [-0.15, -0.1) is 0 Å². The van der Waals surface area contributed by atoms with Crippen molar-refractivity contribution in [3.63, 3.8) is 0 Å². The summed E-state index contributed by atoms with van der Waals surface area (Å²) in [6.07, 6.45) is 5.06. The van der Waals surface area contributed by atoms with Gasteiger partial charge in [0.15, 0.2) is 0 Å². The van der Waals surface area contributed by atoms with E-state index in [-0.39, 0.29) is 0 Å². The Bertz CT molecular complexity index is 493. The smallest absolute Gasteiger partial charge is 0.0416 e. The van der Waals surface area contributed by atoms with Crippen LogP contribution in [0.1, 0.15) is 24.9 Å². The molecule has 0 aliphatic carbocycles. The maximum atomic E-state index is 4.25. The van der Waals surface area contributed by atoms with Gasteiger partial charge >= 0.3 is 0 Å². The SMILES string of the molecule is CCCSCC(NC)c1cccc2ccncc12. The molecule has 0 spiro atoms. The minimum atomic E-state index is 0.398. The first-order chi connectivity index (χ1) is 8.86. The van der Waals surface area contributed by atoms with Crippen molar-refractivity contribution in [3.8, 4) is 0 Å². The second kappa shape index (κ2) is 6.76. The van der Waals surface area contributed by atoms with Crippen LogP contribution in [-0.4, -0.2) is 23.5 Å². The molecule has 18 heavy (non-hydrogen) atoms. The summed E-state index contributed by atoms with van der Waals surface area (Å²) in [6.45, 7) is 2.23. The molecule has 0 saturated heterocycles. The van der Waals surface area contributed by atoms with Gasteiger partial charge in [0.1, 0.15) is 0 Å². The summed E-state index contributed by atoms with van der Waals surface area (Å²) in [6, 6.07) is 8.95. The molecule has 1 unspecified atom stereocenters. The van der Waals surface area contributed by atoms with Crippen molar-refractivity contribution >= 4 is 22.5 Å². The zero-order chi connectivity index (χ0) is 12.8. The molecule has 3 heteroatoms. The first-order valence-electron chi connectivity index (χ1n) is 6.44. The van der Waals surface area contributed by atoms with Crippen LogP contribution >= 0.6 is 11.8 Å². The second-order valence-electron chi connectivity index (χ2n) is 4.36. The fourth-order valence-corrected chi connectivity index (χ4v) is 3.15. The van der Waals surface area contributed by atoms with Gasteiger partial charge in [0.2, 0.25) is 0 Å². The maximum Gasteiger partial charge on any atom is 0.0416 e. The summed E-state index contributed by atoms with van der Waals surface area (Å²) < 4.78 is 0. The van der Waals surface area contributed by atoms with Crippen molar-refractivity contribution in [2.24, 2.45) is 0 Å². The zero-order valence-electron chi connectivity index (χ0n) is 11.0. The van der Waals surface area contributed by atoms with Crippen molar-refractivity contribution in [2.75, 3.05) is 18.6 Å². The third-order valence-electron chi connectivity index (χ3n) is 3.07. The van der Waals surface area contributed by atoms with Crippen molar-refractivity contribution in [1.29, 1.82) is 0 Å². The number of pyridine rings is 1. The normalized spacial score (nSPS) is 12.8. The topological polar surface area (TPSA) is 24.9 Å². The lowest BCUT2D eigenvalue weighted by atomic mass is 10.0. The summed E-state index contributed by atoms with van der Waals surface area (Å²) in [4.78, 5) is 4.25. The Kier molecular flexibility index (Phi) is 5.02. The van der Waals surface area contributed by atoms with E-state index in [9.17, 15) is 0 Å². The van der Waals surface area contributed by atoms with Gasteiger partial charge < -0.3 is 5.32 Å². The molecule has 1 aromatic heterocycles. The molecule has 96 valence electrons. The molecule has 1 aromatic carbocycles. The zero-order valence-corrected chi connectivity index (χ0v) is 11.8. The molecule has 1 atom stereocenters. The molecular weight excluding hydrogens is 240 g/mol. The second-order valence-corrected chi connectivity index (χ2v) is 5.51. The molecule has 0 amide bonds. The fourth-order valence-electron chi connectivity index (χ4n) is 2.11. The molecule has 0 radical (unpaired) electrons. The highest BCUT2D eigenvalue weighted by molar-refractivity contribution is 7.99. The predicted molar refractivity (Wildman–Crippen MR) is 81.2 cm³/mol. The Morgan fingerprint density at radius 2 is 2.22 bits per heavy atom. The van der Waals surface area contributed by atoms with Gasteiger partial charge in [-0.3, -0.25) is 4.98 Å². The summed E-state index contributed by atoms with van der Waals surface area (Å²) in [5.41, 5.74) is 1.35. The number of nitrogens with zero attached hydrogens (tertiary/aromatic N) is 1. The quantitative estimate of drug-likeness (QED) is 0.803. The van der Waals surface area contributed by atoms with E-state index in [1.54, 1.807) is 0 Å². The summed E-state index contributed by atoms with van der Waals surface area (Å²) in [5, 5.41) is 5.95. The molecule has 0 aliphatic rings. The van der Waals surface area contributed by atoms with Gasteiger partial charge in [-0.2, -0.15) is 11.8 Å². The van der Waals surface area contributed by atoms with Gasteiger partial charge in [0, 0.05) is 29.6 Å². The number of rotatable bonds is 6. The van der Waals surface area contributed by atoms with Crippen molar-refractivity contribution < 1.29 is 0 Å². The van der Waals surface area contributed by atoms with Crippen LogP contribution in [0.4, 0.5) is 0 Å². The first-order valence-corrected chi connectivity index (χ1v) is 7.60. The van der Waals surface area contributed by atoms with Crippen molar-refractivity contribution in [2.45, 2.75) is 19.4 Å². The molecule has 0 saturated carbocycles. The Morgan fingerprint density at radius 1 is 1.33 bits per heavy atom. The Labute approximate surface area is 113 Å². The van der Waals surface area contributed by atoms with E-state index in [2.05, 4.69) is 41.5 Å². The van der Waals surface area contributed by atoms with Crippen LogP contribution in [0.5, 0.6) is 0 Å². The van der Waals surface area contributed by atoms with Crippen LogP contribution in [0.15, 0.2) is 36.7 Å². The van der Waals surface area contributed by atoms with Gasteiger partial charge in [0.05, 0.1) is 0 Å². The fraction of sp³-hybridized carbons (Fsp3) is 0.400. The largest absolute Gasteiger partial charge is 0.312 e.